The number of aromatic hydroxyl groups is 2. The van der Waals surface area contributed by atoms with Crippen molar-refractivity contribution >= 4 is 0 Å². The normalized spacial score (nSPS) is 15.1. The number of hydrogen-bond donors (Lipinski definition) is 3. The quantitative estimate of drug-likeness (QED) is 0.735. The Morgan fingerprint density at radius 3 is 2.19 bits per heavy atom. The minimum atomic E-state index is 0.0676. The van der Waals surface area contributed by atoms with Gasteiger partial charge in [0.05, 0.1) is 0 Å². The summed E-state index contributed by atoms with van der Waals surface area (Å²) in [5.41, 5.74) is 0.810. The highest BCUT2D eigenvalue weighted by atomic mass is 16.3. The van der Waals surface area contributed by atoms with Crippen LogP contribution in [0.3, 0.4) is 0 Å². The van der Waals surface area contributed by atoms with Gasteiger partial charge < -0.3 is 15.5 Å². The molecule has 0 aromatic heterocycles. The lowest BCUT2D eigenvalue weighted by Gasteiger charge is -2.23. The molecule has 3 N–H and O–H groups in total. The largest absolute Gasteiger partial charge is 0.508 e. The maximum Gasteiger partial charge on any atom is 0.124 e. The van der Waals surface area contributed by atoms with Crippen molar-refractivity contribution in [2.24, 2.45) is 5.92 Å². The van der Waals surface area contributed by atoms with E-state index in [0.29, 0.717) is 12.0 Å². The highest BCUT2D eigenvalue weighted by Gasteiger charge is 2.15. The summed E-state index contributed by atoms with van der Waals surface area (Å²) < 4.78 is 0. The van der Waals surface area contributed by atoms with Gasteiger partial charge in [0.15, 0.2) is 0 Å². The predicted molar refractivity (Wildman–Crippen MR) is 65.6 cm³/mol. The van der Waals surface area contributed by atoms with Crippen molar-refractivity contribution in [1.82, 2.24) is 5.32 Å². The Morgan fingerprint density at radius 1 is 1.06 bits per heavy atom. The van der Waals surface area contributed by atoms with Gasteiger partial charge in [0.2, 0.25) is 0 Å². The predicted octanol–water partition coefficient (Wildman–Crippen LogP) is 2.79. The molecule has 3 heteroatoms. The molecule has 0 aliphatic heterocycles. The van der Waals surface area contributed by atoms with Gasteiger partial charge in [-0.15, -0.1) is 0 Å². The summed E-state index contributed by atoms with van der Waals surface area (Å²) in [6.07, 6.45) is 0. The zero-order valence-electron chi connectivity index (χ0n) is 10.4. The number of rotatable bonds is 4. The van der Waals surface area contributed by atoms with E-state index in [-0.39, 0.29) is 17.5 Å². The summed E-state index contributed by atoms with van der Waals surface area (Å²) >= 11 is 0. The first-order chi connectivity index (χ1) is 7.41. The number of hydrogen-bond acceptors (Lipinski definition) is 3. The zero-order chi connectivity index (χ0) is 12.3. The fraction of sp³-hybridized carbons (Fsp3) is 0.538. The third-order valence-electron chi connectivity index (χ3n) is 2.99. The minimum absolute atomic E-state index is 0.0676. The van der Waals surface area contributed by atoms with E-state index in [9.17, 15) is 10.2 Å². The van der Waals surface area contributed by atoms with Crippen LogP contribution in [0.5, 0.6) is 11.5 Å². The molecule has 1 aromatic rings. The molecule has 0 aliphatic carbocycles. The average molecular weight is 223 g/mol. The number of nitrogens with one attached hydrogen (secondary N) is 1. The summed E-state index contributed by atoms with van der Waals surface area (Å²) in [6.45, 7) is 8.44. The molecule has 2 unspecified atom stereocenters. The van der Waals surface area contributed by atoms with Crippen molar-refractivity contribution in [1.29, 1.82) is 0 Å². The first kappa shape index (κ1) is 12.8. The van der Waals surface area contributed by atoms with Gasteiger partial charge in [-0.2, -0.15) is 0 Å². The lowest BCUT2D eigenvalue weighted by atomic mass is 10.0. The highest BCUT2D eigenvalue weighted by molar-refractivity contribution is 5.40. The van der Waals surface area contributed by atoms with Gasteiger partial charge in [0.25, 0.3) is 0 Å². The van der Waals surface area contributed by atoms with Crippen LogP contribution in [-0.2, 0) is 0 Å². The summed E-state index contributed by atoms with van der Waals surface area (Å²) in [5, 5.41) is 22.3. The summed E-state index contributed by atoms with van der Waals surface area (Å²) in [5.74, 6) is 0.767. The van der Waals surface area contributed by atoms with Crippen LogP contribution in [0, 0.1) is 5.92 Å². The Morgan fingerprint density at radius 2 is 1.69 bits per heavy atom. The molecular formula is C13H21NO2. The van der Waals surface area contributed by atoms with Crippen LogP contribution >= 0.6 is 0 Å². The van der Waals surface area contributed by atoms with Crippen molar-refractivity contribution in [3.63, 3.8) is 0 Å². The van der Waals surface area contributed by atoms with E-state index < -0.39 is 0 Å². The molecular weight excluding hydrogens is 202 g/mol. The van der Waals surface area contributed by atoms with E-state index >= 15 is 0 Å². The molecule has 3 nitrogen and oxygen atoms in total. The van der Waals surface area contributed by atoms with Gasteiger partial charge in [-0.1, -0.05) is 19.9 Å². The molecule has 1 aromatic carbocycles. The fourth-order valence-corrected chi connectivity index (χ4v) is 1.57. The highest BCUT2D eigenvalue weighted by Crippen LogP contribution is 2.28. The van der Waals surface area contributed by atoms with Crippen LogP contribution < -0.4 is 5.32 Å². The molecule has 2 atom stereocenters. The average Bonchev–Trinajstić information content (AvgIpc) is 2.16. The van der Waals surface area contributed by atoms with Crippen molar-refractivity contribution in [2.45, 2.75) is 39.8 Å². The Hall–Kier alpha value is -1.22. The van der Waals surface area contributed by atoms with Crippen LogP contribution in [0.4, 0.5) is 0 Å². The Labute approximate surface area is 97.1 Å². The lowest BCUT2D eigenvalue weighted by Crippen LogP contribution is -2.32. The third-order valence-corrected chi connectivity index (χ3v) is 2.99. The van der Waals surface area contributed by atoms with E-state index in [1.807, 2.05) is 6.92 Å². The smallest absolute Gasteiger partial charge is 0.124 e. The zero-order valence-corrected chi connectivity index (χ0v) is 10.4. The number of phenolic OH excluding ortho intramolecular Hbond substituents is 2. The van der Waals surface area contributed by atoms with Gasteiger partial charge >= 0.3 is 0 Å². The van der Waals surface area contributed by atoms with Crippen LogP contribution in [0.1, 0.15) is 39.3 Å². The molecule has 0 amide bonds. The second-order valence-electron chi connectivity index (χ2n) is 4.66. The lowest BCUT2D eigenvalue weighted by molar-refractivity contribution is 0.377. The number of phenols is 2. The van der Waals surface area contributed by atoms with Crippen molar-refractivity contribution in [3.8, 4) is 11.5 Å². The molecule has 0 radical (unpaired) electrons. The summed E-state index contributed by atoms with van der Waals surface area (Å²) in [7, 11) is 0. The Kier molecular flexibility index (Phi) is 4.19. The molecule has 0 fully saturated rings. The molecule has 0 aliphatic rings. The second-order valence-corrected chi connectivity index (χ2v) is 4.66. The molecule has 90 valence electrons. The summed E-state index contributed by atoms with van der Waals surface area (Å²) in [4.78, 5) is 0. The van der Waals surface area contributed by atoms with E-state index in [4.69, 9.17) is 0 Å². The first-order valence-electron chi connectivity index (χ1n) is 5.69. The Balaban J connectivity index is 2.76. The molecule has 1 rings (SSSR count). The molecule has 0 saturated heterocycles. The van der Waals surface area contributed by atoms with E-state index in [1.54, 1.807) is 12.1 Å². The van der Waals surface area contributed by atoms with Crippen molar-refractivity contribution < 1.29 is 10.2 Å². The Bertz CT molecular complexity index is 350. The molecule has 16 heavy (non-hydrogen) atoms. The molecule has 0 bridgehead atoms. The number of benzene rings is 1. The topological polar surface area (TPSA) is 52.5 Å². The monoisotopic (exact) mass is 223 g/mol. The van der Waals surface area contributed by atoms with E-state index in [0.717, 1.165) is 5.56 Å². The van der Waals surface area contributed by atoms with Crippen LogP contribution in [0.15, 0.2) is 18.2 Å². The molecule has 0 heterocycles. The van der Waals surface area contributed by atoms with Gasteiger partial charge in [0.1, 0.15) is 11.5 Å². The standard InChI is InChI=1S/C13H21NO2/c1-8(2)9(3)14-10(4)12-6-5-11(15)7-13(12)16/h5-10,14-16H,1-4H3. The van der Waals surface area contributed by atoms with Gasteiger partial charge in [0, 0.05) is 23.7 Å². The van der Waals surface area contributed by atoms with Crippen molar-refractivity contribution in [3.05, 3.63) is 23.8 Å². The first-order valence-corrected chi connectivity index (χ1v) is 5.69. The van der Waals surface area contributed by atoms with Crippen LogP contribution in [0.2, 0.25) is 0 Å². The van der Waals surface area contributed by atoms with Crippen LogP contribution in [-0.4, -0.2) is 16.3 Å². The third kappa shape index (κ3) is 3.14. The van der Waals surface area contributed by atoms with E-state index in [1.165, 1.54) is 6.07 Å². The van der Waals surface area contributed by atoms with Gasteiger partial charge in [-0.25, -0.2) is 0 Å². The minimum Gasteiger partial charge on any atom is -0.508 e. The second kappa shape index (κ2) is 5.21. The fourth-order valence-electron chi connectivity index (χ4n) is 1.57. The maximum atomic E-state index is 9.71. The summed E-state index contributed by atoms with van der Waals surface area (Å²) in [6, 6.07) is 5.15. The van der Waals surface area contributed by atoms with Crippen LogP contribution in [0.25, 0.3) is 0 Å². The van der Waals surface area contributed by atoms with Gasteiger partial charge in [-0.05, 0) is 25.8 Å². The van der Waals surface area contributed by atoms with Crippen molar-refractivity contribution in [2.75, 3.05) is 0 Å². The molecule has 0 saturated carbocycles. The SMILES string of the molecule is CC(NC(C)C(C)C)c1ccc(O)cc1O. The molecule has 0 spiro atoms. The van der Waals surface area contributed by atoms with E-state index in [2.05, 4.69) is 26.1 Å². The maximum absolute atomic E-state index is 9.71. The van der Waals surface area contributed by atoms with Gasteiger partial charge in [-0.3, -0.25) is 0 Å².